The van der Waals surface area contributed by atoms with Crippen molar-refractivity contribution in [3.63, 3.8) is 0 Å². The van der Waals surface area contributed by atoms with Crippen molar-refractivity contribution in [1.29, 1.82) is 0 Å². The number of pyridine rings is 3. The minimum absolute atomic E-state index is 0.112. The van der Waals surface area contributed by atoms with Crippen LogP contribution in [-0.2, 0) is 18.6 Å². The molecule has 0 amide bonds. The van der Waals surface area contributed by atoms with E-state index in [2.05, 4.69) is 19.8 Å². The summed E-state index contributed by atoms with van der Waals surface area (Å²) in [6.07, 6.45) is 7.19. The molecule has 2 saturated heterocycles. The molecule has 3 aliphatic rings. The van der Waals surface area contributed by atoms with E-state index in [0.717, 1.165) is 36.7 Å². The van der Waals surface area contributed by atoms with Gasteiger partial charge in [-0.15, -0.1) is 11.8 Å². The molecule has 3 aromatic heterocycles. The van der Waals surface area contributed by atoms with Gasteiger partial charge in [-0.2, -0.15) is 4.39 Å². The van der Waals surface area contributed by atoms with E-state index in [-0.39, 0.29) is 38.9 Å². The van der Waals surface area contributed by atoms with Crippen LogP contribution in [0.3, 0.4) is 0 Å². The maximum atomic E-state index is 14.8. The van der Waals surface area contributed by atoms with Crippen LogP contribution < -0.4 is 25.5 Å². The first-order valence-electron chi connectivity index (χ1n) is 14.2. The smallest absolute Gasteiger partial charge is 0.213 e. The zero-order chi connectivity index (χ0) is 30.1. The Morgan fingerprint density at radius 2 is 2.05 bits per heavy atom. The van der Waals surface area contributed by atoms with Crippen molar-refractivity contribution in [2.24, 2.45) is 0 Å². The molecule has 2 N–H and O–H groups in total. The van der Waals surface area contributed by atoms with Crippen molar-refractivity contribution in [2.75, 3.05) is 30.9 Å². The van der Waals surface area contributed by atoms with Gasteiger partial charge in [0.2, 0.25) is 11.7 Å². The lowest BCUT2D eigenvalue weighted by Gasteiger charge is -2.39. The Hall–Kier alpha value is -3.90. The highest BCUT2D eigenvalue weighted by Gasteiger charge is 2.63. The fraction of sp³-hybridized carbons (Fsp3) is 0.387. The molecule has 3 aliphatic heterocycles. The fourth-order valence-electron chi connectivity index (χ4n) is 6.40. The summed E-state index contributed by atoms with van der Waals surface area (Å²) in [5.74, 6) is -1.41. The molecule has 224 valence electrons. The molecule has 0 radical (unpaired) electrons. The van der Waals surface area contributed by atoms with E-state index in [0.29, 0.717) is 30.4 Å². The average Bonchev–Trinajstić information content (AvgIpc) is 3.75. The number of aromatic nitrogens is 3. The highest BCUT2D eigenvalue weighted by molar-refractivity contribution is 8.08. The minimum Gasteiger partial charge on any atom is -0.486 e. The lowest BCUT2D eigenvalue weighted by atomic mass is 9.99. The zero-order valence-corrected chi connectivity index (χ0v) is 25.0. The van der Waals surface area contributed by atoms with Crippen molar-refractivity contribution >= 4 is 34.2 Å². The highest BCUT2D eigenvalue weighted by atomic mass is 32.2. The normalized spacial score (nSPS) is 21.9. The maximum Gasteiger partial charge on any atom is 0.213 e. The summed E-state index contributed by atoms with van der Waals surface area (Å²) in [6.45, 7) is 5.77. The summed E-state index contributed by atoms with van der Waals surface area (Å²) >= 11 is 1.85. The number of ether oxygens (including phenoxy) is 2. The second-order valence-electron chi connectivity index (χ2n) is 12.0. The summed E-state index contributed by atoms with van der Waals surface area (Å²) in [5, 5.41) is 0.250. The van der Waals surface area contributed by atoms with Crippen LogP contribution in [-0.4, -0.2) is 49.9 Å². The number of methoxy groups -OCH3 is 1. The van der Waals surface area contributed by atoms with Gasteiger partial charge < -0.3 is 24.7 Å². The van der Waals surface area contributed by atoms with Gasteiger partial charge in [-0.3, -0.25) is 9.69 Å². The number of nitrogens with zero attached hydrogens (tertiary/aromatic N) is 5. The third-order valence-corrected chi connectivity index (χ3v) is 10.4. The van der Waals surface area contributed by atoms with Crippen molar-refractivity contribution in [3.8, 4) is 11.6 Å². The molecule has 9 nitrogen and oxygen atoms in total. The van der Waals surface area contributed by atoms with Crippen molar-refractivity contribution in [2.45, 2.75) is 55.6 Å². The molecular weight excluding hydrogens is 574 g/mol. The molecule has 12 heteroatoms. The molecule has 2 atom stereocenters. The average molecular weight is 607 g/mol. The van der Waals surface area contributed by atoms with E-state index in [9.17, 15) is 13.6 Å². The van der Waals surface area contributed by atoms with Crippen molar-refractivity contribution < 1.29 is 18.3 Å². The SMILES string of the molecule is COc1cc(CN(Cc2cn3c4c(c(F)c(F)cc4c2=O)OCC3(C)C)[C@]23CCCN(c4ccc(N)nc4)C2S3)ccn1. The largest absolute Gasteiger partial charge is 0.486 e. The van der Waals surface area contributed by atoms with Crippen LogP contribution in [0.2, 0.25) is 0 Å². The first-order valence-corrected chi connectivity index (χ1v) is 15.1. The number of hydrogen-bond acceptors (Lipinski definition) is 9. The van der Waals surface area contributed by atoms with Crippen LogP contribution >= 0.6 is 11.8 Å². The summed E-state index contributed by atoms with van der Waals surface area (Å²) in [5.41, 5.74) is 7.72. The predicted molar refractivity (Wildman–Crippen MR) is 162 cm³/mol. The Balaban J connectivity index is 1.33. The van der Waals surface area contributed by atoms with Gasteiger partial charge in [-0.25, -0.2) is 14.4 Å². The number of anilines is 2. The second kappa shape index (κ2) is 10.1. The van der Waals surface area contributed by atoms with E-state index in [1.807, 2.05) is 54.4 Å². The fourth-order valence-corrected chi connectivity index (χ4v) is 8.00. The molecular formula is C31H32F2N6O3S. The van der Waals surface area contributed by atoms with Crippen molar-refractivity contribution in [3.05, 3.63) is 81.9 Å². The monoisotopic (exact) mass is 606 g/mol. The molecule has 7 rings (SSSR count). The molecule has 1 unspecified atom stereocenters. The third kappa shape index (κ3) is 4.58. The number of fused-ring (bicyclic) bond motifs is 1. The molecule has 0 aliphatic carbocycles. The first kappa shape index (κ1) is 27.9. The van der Waals surface area contributed by atoms with Crippen LogP contribution in [0.25, 0.3) is 10.9 Å². The minimum atomic E-state index is -1.10. The van der Waals surface area contributed by atoms with Gasteiger partial charge in [-0.05, 0) is 56.5 Å². The number of halogens is 2. The van der Waals surface area contributed by atoms with E-state index in [1.165, 1.54) is 0 Å². The van der Waals surface area contributed by atoms with Gasteiger partial charge >= 0.3 is 0 Å². The summed E-state index contributed by atoms with van der Waals surface area (Å²) in [6, 6.07) is 8.65. The topological polar surface area (TPSA) is 98.7 Å². The van der Waals surface area contributed by atoms with E-state index in [4.69, 9.17) is 15.2 Å². The zero-order valence-electron chi connectivity index (χ0n) is 24.1. The number of nitrogens with two attached hydrogens (primary N) is 1. The third-order valence-electron chi connectivity index (χ3n) is 8.68. The lowest BCUT2D eigenvalue weighted by Crippen LogP contribution is -2.48. The number of thioether (sulfide) groups is 1. The summed E-state index contributed by atoms with van der Waals surface area (Å²) < 4.78 is 42.4. The van der Waals surface area contributed by atoms with Crippen molar-refractivity contribution in [1.82, 2.24) is 19.4 Å². The van der Waals surface area contributed by atoms with Gasteiger partial charge in [0.1, 0.15) is 17.8 Å². The quantitative estimate of drug-likeness (QED) is 0.296. The number of piperidine rings is 1. The van der Waals surface area contributed by atoms with E-state index < -0.39 is 17.2 Å². The Labute approximate surface area is 251 Å². The lowest BCUT2D eigenvalue weighted by molar-refractivity contribution is 0.147. The van der Waals surface area contributed by atoms with Gasteiger partial charge in [0, 0.05) is 43.7 Å². The van der Waals surface area contributed by atoms with Crippen LogP contribution in [0, 0.1) is 11.6 Å². The molecule has 0 saturated carbocycles. The maximum absolute atomic E-state index is 14.8. The molecule has 0 spiro atoms. The molecule has 4 aromatic rings. The Kier molecular flexibility index (Phi) is 6.55. The number of nitrogen functional groups attached to an aromatic ring is 1. The summed E-state index contributed by atoms with van der Waals surface area (Å²) in [7, 11) is 1.58. The van der Waals surface area contributed by atoms with Gasteiger partial charge in [0.15, 0.2) is 17.0 Å². The van der Waals surface area contributed by atoms with E-state index >= 15 is 0 Å². The molecule has 1 aromatic carbocycles. The second-order valence-corrected chi connectivity index (χ2v) is 13.4. The standard InChI is InChI=1S/C31H32F2N6O3S/c1-30(2)17-42-28-25(33)22(32)12-21-26(28)39(30)16-19(27(21)40)15-37(14-18-7-9-35-24(11-18)41-3)31-8-4-10-38(29(31)43-31)20-5-6-23(34)36-13-20/h5-7,9,11-13,16,29H,4,8,10,14-15,17H2,1-3H3,(H2,34,36)/t29?,31-/m0/s1. The molecule has 0 bridgehead atoms. The Morgan fingerprint density at radius 1 is 1.21 bits per heavy atom. The van der Waals surface area contributed by atoms with Gasteiger partial charge in [-0.1, -0.05) is 0 Å². The van der Waals surface area contributed by atoms with Gasteiger partial charge in [0.05, 0.1) is 40.3 Å². The van der Waals surface area contributed by atoms with Crippen LogP contribution in [0.15, 0.2) is 53.7 Å². The van der Waals surface area contributed by atoms with Crippen LogP contribution in [0.5, 0.6) is 11.6 Å². The molecule has 43 heavy (non-hydrogen) atoms. The Morgan fingerprint density at radius 3 is 2.81 bits per heavy atom. The van der Waals surface area contributed by atoms with Crippen LogP contribution in [0.1, 0.15) is 37.8 Å². The molecule has 2 fully saturated rings. The first-order chi connectivity index (χ1) is 20.6. The van der Waals surface area contributed by atoms with Crippen LogP contribution in [0.4, 0.5) is 20.3 Å². The van der Waals surface area contributed by atoms with E-state index in [1.54, 1.807) is 25.7 Å². The summed E-state index contributed by atoms with van der Waals surface area (Å²) in [4.78, 5) is 27.0. The number of hydrogen-bond donors (Lipinski definition) is 1. The number of benzene rings is 1. The predicted octanol–water partition coefficient (Wildman–Crippen LogP) is 4.86. The highest BCUT2D eigenvalue weighted by Crippen LogP contribution is 2.63. The van der Waals surface area contributed by atoms with Gasteiger partial charge in [0.25, 0.3) is 0 Å². The molecule has 6 heterocycles. The number of rotatable bonds is 7. The Bertz CT molecular complexity index is 1800.